The van der Waals surface area contributed by atoms with E-state index in [2.05, 4.69) is 32.5 Å². The zero-order valence-electron chi connectivity index (χ0n) is 13.8. The van der Waals surface area contributed by atoms with Crippen molar-refractivity contribution in [3.05, 3.63) is 28.6 Å². The molecule has 1 unspecified atom stereocenters. The molecule has 2 aromatic rings. The molecule has 0 radical (unpaired) electrons. The lowest BCUT2D eigenvalue weighted by atomic mass is 10.2. The minimum Gasteiger partial charge on any atom is -0.476 e. The summed E-state index contributed by atoms with van der Waals surface area (Å²) < 4.78 is 5.77. The molecule has 1 aliphatic rings. The first-order valence-electron chi connectivity index (χ1n) is 7.90. The van der Waals surface area contributed by atoms with Crippen molar-refractivity contribution in [1.82, 2.24) is 14.9 Å². The van der Waals surface area contributed by atoms with Gasteiger partial charge in [0, 0.05) is 17.5 Å². The van der Waals surface area contributed by atoms with Crippen LogP contribution in [0.15, 0.2) is 23.6 Å². The summed E-state index contributed by atoms with van der Waals surface area (Å²) in [5.41, 5.74) is 0. The van der Waals surface area contributed by atoms with E-state index in [4.69, 9.17) is 4.74 Å². The first kappa shape index (κ1) is 16.7. The third kappa shape index (κ3) is 4.42. The molecule has 2 N–H and O–H groups in total. The lowest BCUT2D eigenvalue weighted by Crippen LogP contribution is -2.30. The number of likely N-dealkylation sites (N-methyl/N-ethyl adjacent to an activating group) is 1. The second-order valence-electron chi connectivity index (χ2n) is 5.78. The summed E-state index contributed by atoms with van der Waals surface area (Å²) in [4.78, 5) is 22.8. The van der Waals surface area contributed by atoms with Crippen LogP contribution in [0.25, 0.3) is 0 Å². The number of nitrogens with one attached hydrogen (secondary N) is 2. The van der Waals surface area contributed by atoms with Gasteiger partial charge in [-0.05, 0) is 39.4 Å². The maximum Gasteiger partial charge on any atom is 0.326 e. The topological polar surface area (TPSA) is 79.4 Å². The smallest absolute Gasteiger partial charge is 0.326 e. The minimum atomic E-state index is -0.375. The fourth-order valence-corrected chi connectivity index (χ4v) is 3.17. The Kier molecular flexibility index (Phi) is 5.27. The molecule has 1 aliphatic heterocycles. The fourth-order valence-electron chi connectivity index (χ4n) is 2.62. The van der Waals surface area contributed by atoms with Crippen molar-refractivity contribution in [2.75, 3.05) is 30.8 Å². The summed E-state index contributed by atoms with van der Waals surface area (Å²) in [5, 5.41) is 8.06. The Morgan fingerprint density at radius 3 is 2.92 bits per heavy atom. The van der Waals surface area contributed by atoms with Crippen LogP contribution in [-0.2, 0) is 0 Å². The van der Waals surface area contributed by atoms with Crippen LogP contribution in [0.2, 0.25) is 0 Å². The number of aryl methyl sites for hydroxylation is 1. The minimum absolute atomic E-state index is 0.375. The van der Waals surface area contributed by atoms with Crippen LogP contribution in [-0.4, -0.2) is 47.1 Å². The predicted octanol–water partition coefficient (Wildman–Crippen LogP) is 2.96. The Bertz CT molecular complexity index is 705. The highest BCUT2D eigenvalue weighted by Gasteiger charge is 2.21. The van der Waals surface area contributed by atoms with E-state index in [1.165, 1.54) is 17.8 Å². The predicted molar refractivity (Wildman–Crippen MR) is 94.9 cm³/mol. The van der Waals surface area contributed by atoms with Gasteiger partial charge in [0.25, 0.3) is 0 Å². The lowest BCUT2D eigenvalue weighted by molar-refractivity contribution is 0.193. The number of rotatable bonds is 5. The highest BCUT2D eigenvalue weighted by molar-refractivity contribution is 7.09. The van der Waals surface area contributed by atoms with Crippen LogP contribution in [0.1, 0.15) is 17.8 Å². The maximum absolute atomic E-state index is 12.0. The van der Waals surface area contributed by atoms with Crippen LogP contribution < -0.4 is 15.4 Å². The molecule has 1 saturated heterocycles. The zero-order chi connectivity index (χ0) is 16.9. The van der Waals surface area contributed by atoms with Gasteiger partial charge in [-0.1, -0.05) is 6.07 Å². The molecule has 128 valence electrons. The Labute approximate surface area is 145 Å². The van der Waals surface area contributed by atoms with Crippen molar-refractivity contribution in [3.8, 4) is 5.88 Å². The average Bonchev–Trinajstić information content (AvgIpc) is 3.14. The van der Waals surface area contributed by atoms with Crippen LogP contribution >= 0.6 is 11.3 Å². The molecule has 0 aliphatic carbocycles. The van der Waals surface area contributed by atoms with E-state index in [0.717, 1.165) is 18.0 Å². The van der Waals surface area contributed by atoms with E-state index in [-0.39, 0.29) is 6.03 Å². The molecule has 3 rings (SSSR count). The number of carbonyl (C=O) groups excluding carboxylic acids is 1. The number of pyridine rings is 1. The lowest BCUT2D eigenvalue weighted by Gasteiger charge is -2.19. The van der Waals surface area contributed by atoms with Gasteiger partial charge in [0.2, 0.25) is 5.88 Å². The van der Waals surface area contributed by atoms with Gasteiger partial charge in [-0.25, -0.2) is 9.78 Å². The average molecular weight is 347 g/mol. The second-order valence-corrected chi connectivity index (χ2v) is 6.84. The number of hydrogen-bond acceptors (Lipinski definition) is 6. The van der Waals surface area contributed by atoms with Crippen molar-refractivity contribution in [2.24, 2.45) is 0 Å². The Morgan fingerprint density at radius 1 is 1.38 bits per heavy atom. The van der Waals surface area contributed by atoms with E-state index >= 15 is 0 Å². The summed E-state index contributed by atoms with van der Waals surface area (Å²) in [6, 6.07) is 5.38. The monoisotopic (exact) mass is 347 g/mol. The molecule has 0 spiro atoms. The fraction of sp³-hybridized carbons (Fsp3) is 0.438. The molecule has 8 heteroatoms. The molecule has 0 aromatic carbocycles. The molecule has 3 heterocycles. The van der Waals surface area contributed by atoms with Crippen LogP contribution in [0.3, 0.4) is 0 Å². The molecule has 1 atom stereocenters. The SMILES string of the molecule is Cc1nc(NC(=O)Nc2cccc(OCC3CCCN3C)n2)cs1. The third-order valence-corrected chi connectivity index (χ3v) is 4.69. The summed E-state index contributed by atoms with van der Waals surface area (Å²) in [7, 11) is 2.11. The third-order valence-electron chi connectivity index (χ3n) is 3.92. The highest BCUT2D eigenvalue weighted by Crippen LogP contribution is 2.18. The number of carbonyl (C=O) groups is 1. The molecule has 7 nitrogen and oxygen atoms in total. The molecule has 24 heavy (non-hydrogen) atoms. The number of hydrogen-bond donors (Lipinski definition) is 2. The zero-order valence-corrected chi connectivity index (χ0v) is 14.6. The van der Waals surface area contributed by atoms with Crippen LogP contribution in [0.4, 0.5) is 16.4 Å². The molecule has 0 saturated carbocycles. The van der Waals surface area contributed by atoms with Gasteiger partial charge in [0.15, 0.2) is 0 Å². The van der Waals surface area contributed by atoms with Gasteiger partial charge in [0.05, 0.1) is 5.01 Å². The molecule has 2 aromatic heterocycles. The van der Waals surface area contributed by atoms with Crippen molar-refractivity contribution in [3.63, 3.8) is 0 Å². The highest BCUT2D eigenvalue weighted by atomic mass is 32.1. The van der Waals surface area contributed by atoms with E-state index in [1.54, 1.807) is 17.5 Å². The van der Waals surface area contributed by atoms with Crippen molar-refractivity contribution in [1.29, 1.82) is 0 Å². The normalized spacial score (nSPS) is 17.7. The first-order valence-corrected chi connectivity index (χ1v) is 8.78. The Morgan fingerprint density at radius 2 is 2.21 bits per heavy atom. The quantitative estimate of drug-likeness (QED) is 0.869. The van der Waals surface area contributed by atoms with Crippen LogP contribution in [0.5, 0.6) is 5.88 Å². The number of nitrogens with zero attached hydrogens (tertiary/aromatic N) is 3. The van der Waals surface area contributed by atoms with Gasteiger partial charge < -0.3 is 9.64 Å². The molecule has 0 bridgehead atoms. The number of aromatic nitrogens is 2. The Balaban J connectivity index is 1.53. The van der Waals surface area contributed by atoms with Crippen LogP contribution in [0, 0.1) is 6.92 Å². The molecular formula is C16H21N5O2S. The van der Waals surface area contributed by atoms with Gasteiger partial charge in [-0.3, -0.25) is 10.6 Å². The van der Waals surface area contributed by atoms with Gasteiger partial charge in [0.1, 0.15) is 18.2 Å². The van der Waals surface area contributed by atoms with E-state index < -0.39 is 0 Å². The van der Waals surface area contributed by atoms with E-state index in [0.29, 0.717) is 30.2 Å². The summed E-state index contributed by atoms with van der Waals surface area (Å²) in [6.45, 7) is 3.61. The summed E-state index contributed by atoms with van der Waals surface area (Å²) >= 11 is 1.48. The largest absolute Gasteiger partial charge is 0.476 e. The molecule has 1 fully saturated rings. The number of thiazole rings is 1. The van der Waals surface area contributed by atoms with Crippen molar-refractivity contribution < 1.29 is 9.53 Å². The number of anilines is 2. The van der Waals surface area contributed by atoms with Gasteiger partial charge in [-0.15, -0.1) is 11.3 Å². The van der Waals surface area contributed by atoms with Crippen molar-refractivity contribution in [2.45, 2.75) is 25.8 Å². The summed E-state index contributed by atoms with van der Waals surface area (Å²) in [6.07, 6.45) is 2.35. The van der Waals surface area contributed by atoms with Gasteiger partial charge in [-0.2, -0.15) is 4.98 Å². The summed E-state index contributed by atoms with van der Waals surface area (Å²) in [5.74, 6) is 1.49. The standard InChI is InChI=1S/C16H21N5O2S/c1-11-17-14(10-24-11)20-16(22)19-13-6-3-7-15(18-13)23-9-12-5-4-8-21(12)2/h3,6-7,10,12H,4-5,8-9H2,1-2H3,(H2,18,19,20,22). The molecule has 2 amide bonds. The number of ether oxygens (including phenoxy) is 1. The molecular weight excluding hydrogens is 326 g/mol. The number of likely N-dealkylation sites (tertiary alicyclic amines) is 1. The van der Waals surface area contributed by atoms with E-state index in [1.807, 2.05) is 13.0 Å². The maximum atomic E-state index is 12.0. The number of amides is 2. The first-order chi connectivity index (χ1) is 11.6. The van der Waals surface area contributed by atoms with Gasteiger partial charge >= 0.3 is 6.03 Å². The Hall–Kier alpha value is -2.19. The number of urea groups is 1. The van der Waals surface area contributed by atoms with Crippen molar-refractivity contribution >= 4 is 29.0 Å². The van der Waals surface area contributed by atoms with E-state index in [9.17, 15) is 4.79 Å². The second kappa shape index (κ2) is 7.59.